The summed E-state index contributed by atoms with van der Waals surface area (Å²) in [7, 11) is 1.96. The van der Waals surface area contributed by atoms with Gasteiger partial charge in [-0.15, -0.1) is 0 Å². The second-order valence-corrected chi connectivity index (χ2v) is 5.33. The number of fused-ring (bicyclic) bond motifs is 1. The second-order valence-electron chi connectivity index (χ2n) is 5.33. The van der Waals surface area contributed by atoms with Gasteiger partial charge in [0.05, 0.1) is 5.52 Å². The van der Waals surface area contributed by atoms with Crippen molar-refractivity contribution < 1.29 is 4.42 Å². The van der Waals surface area contributed by atoms with E-state index >= 15 is 0 Å². The Morgan fingerprint density at radius 1 is 1.44 bits per heavy atom. The Kier molecular flexibility index (Phi) is 3.30. The van der Waals surface area contributed by atoms with Gasteiger partial charge in [-0.3, -0.25) is 4.98 Å². The molecule has 2 N–H and O–H groups in total. The first kappa shape index (κ1) is 12.9. The lowest BCUT2D eigenvalue weighted by Crippen LogP contribution is -2.31. The van der Waals surface area contributed by atoms with E-state index in [0.717, 1.165) is 17.5 Å². The molecule has 0 fully saturated rings. The molecule has 0 bridgehead atoms. The van der Waals surface area contributed by atoms with E-state index in [1.807, 2.05) is 25.2 Å². The molecular weight excluding hydrogens is 228 g/mol. The molecule has 0 aliphatic carbocycles. The molecule has 0 saturated heterocycles. The molecule has 1 heterocycles. The van der Waals surface area contributed by atoms with Crippen LogP contribution in [0.25, 0.3) is 11.1 Å². The fraction of sp³-hybridized carbons (Fsp3) is 0.500. The highest BCUT2D eigenvalue weighted by Gasteiger charge is 2.28. The predicted octanol–water partition coefficient (Wildman–Crippen LogP) is 2.82. The fourth-order valence-corrected chi connectivity index (χ4v) is 2.35. The molecule has 98 valence electrons. The van der Waals surface area contributed by atoms with Gasteiger partial charge in [-0.1, -0.05) is 26.8 Å². The van der Waals surface area contributed by atoms with Gasteiger partial charge < -0.3 is 9.73 Å². The van der Waals surface area contributed by atoms with Gasteiger partial charge >= 0.3 is 5.76 Å². The summed E-state index contributed by atoms with van der Waals surface area (Å²) in [6, 6.07) is 6.09. The molecule has 18 heavy (non-hydrogen) atoms. The molecule has 1 aromatic carbocycles. The normalized spacial score (nSPS) is 14.0. The van der Waals surface area contributed by atoms with Crippen LogP contribution in [0.1, 0.15) is 38.8 Å². The van der Waals surface area contributed by atoms with Crippen LogP contribution < -0.4 is 11.1 Å². The number of hydrogen-bond acceptors (Lipinski definition) is 3. The van der Waals surface area contributed by atoms with Crippen LogP contribution in [0.3, 0.4) is 0 Å². The minimum atomic E-state index is -0.405. The van der Waals surface area contributed by atoms with Crippen molar-refractivity contribution in [2.24, 2.45) is 5.41 Å². The van der Waals surface area contributed by atoms with E-state index in [1.54, 1.807) is 0 Å². The minimum Gasteiger partial charge on any atom is -0.408 e. The Hall–Kier alpha value is -1.55. The molecule has 1 atom stereocenters. The monoisotopic (exact) mass is 248 g/mol. The van der Waals surface area contributed by atoms with E-state index in [-0.39, 0.29) is 11.5 Å². The molecular formula is C14H20N2O2. The van der Waals surface area contributed by atoms with Crippen LogP contribution in [0.4, 0.5) is 0 Å². The largest absolute Gasteiger partial charge is 0.417 e. The van der Waals surface area contributed by atoms with Gasteiger partial charge in [0.25, 0.3) is 0 Å². The number of H-pyrrole nitrogens is 1. The van der Waals surface area contributed by atoms with E-state index in [0.29, 0.717) is 5.58 Å². The number of oxazole rings is 1. The summed E-state index contributed by atoms with van der Waals surface area (Å²) >= 11 is 0. The third-order valence-electron chi connectivity index (χ3n) is 3.76. The van der Waals surface area contributed by atoms with Crippen molar-refractivity contribution in [3.05, 3.63) is 34.3 Å². The average molecular weight is 248 g/mol. The summed E-state index contributed by atoms with van der Waals surface area (Å²) in [4.78, 5) is 13.8. The zero-order valence-electron chi connectivity index (χ0n) is 11.3. The molecule has 2 rings (SSSR count). The highest BCUT2D eigenvalue weighted by Crippen LogP contribution is 2.36. The van der Waals surface area contributed by atoms with Gasteiger partial charge in [-0.05, 0) is 36.6 Å². The van der Waals surface area contributed by atoms with Crippen LogP contribution in [0, 0.1) is 5.41 Å². The van der Waals surface area contributed by atoms with Crippen molar-refractivity contribution in [3.8, 4) is 0 Å². The third-order valence-corrected chi connectivity index (χ3v) is 3.76. The van der Waals surface area contributed by atoms with Crippen molar-refractivity contribution in [1.29, 1.82) is 0 Å². The first-order valence-corrected chi connectivity index (χ1v) is 6.28. The van der Waals surface area contributed by atoms with Gasteiger partial charge in [-0.2, -0.15) is 0 Å². The fourth-order valence-electron chi connectivity index (χ4n) is 2.35. The molecule has 4 heteroatoms. The van der Waals surface area contributed by atoms with Crippen LogP contribution in [-0.2, 0) is 0 Å². The smallest absolute Gasteiger partial charge is 0.408 e. The Labute approximate surface area is 106 Å². The molecule has 1 unspecified atom stereocenters. The summed E-state index contributed by atoms with van der Waals surface area (Å²) in [5.74, 6) is -0.405. The number of hydrogen-bond donors (Lipinski definition) is 2. The maximum atomic E-state index is 11.2. The van der Waals surface area contributed by atoms with Crippen LogP contribution in [0.2, 0.25) is 0 Å². The van der Waals surface area contributed by atoms with Gasteiger partial charge in [0.1, 0.15) is 0 Å². The molecule has 0 amide bonds. The van der Waals surface area contributed by atoms with Gasteiger partial charge in [0, 0.05) is 6.04 Å². The summed E-state index contributed by atoms with van der Waals surface area (Å²) in [5, 5.41) is 3.35. The molecule has 0 aliphatic heterocycles. The zero-order chi connectivity index (χ0) is 13.3. The molecule has 1 aromatic heterocycles. The summed E-state index contributed by atoms with van der Waals surface area (Å²) in [5.41, 5.74) is 2.64. The van der Waals surface area contributed by atoms with Crippen molar-refractivity contribution in [3.63, 3.8) is 0 Å². The van der Waals surface area contributed by atoms with Gasteiger partial charge in [0.2, 0.25) is 0 Å². The molecule has 0 radical (unpaired) electrons. The summed E-state index contributed by atoms with van der Waals surface area (Å²) in [6.07, 6.45) is 1.06. The summed E-state index contributed by atoms with van der Waals surface area (Å²) in [6.45, 7) is 6.64. The quantitative estimate of drug-likeness (QED) is 0.874. The number of benzene rings is 1. The van der Waals surface area contributed by atoms with Crippen LogP contribution >= 0.6 is 0 Å². The lowest BCUT2D eigenvalue weighted by atomic mass is 9.78. The second kappa shape index (κ2) is 4.61. The molecule has 0 aliphatic rings. The number of nitrogens with one attached hydrogen (secondary N) is 2. The Morgan fingerprint density at radius 2 is 2.17 bits per heavy atom. The molecule has 0 spiro atoms. The molecule has 4 nitrogen and oxygen atoms in total. The van der Waals surface area contributed by atoms with Crippen LogP contribution in [0.15, 0.2) is 27.4 Å². The first-order valence-electron chi connectivity index (χ1n) is 6.28. The van der Waals surface area contributed by atoms with Crippen molar-refractivity contribution in [1.82, 2.24) is 10.3 Å². The van der Waals surface area contributed by atoms with Gasteiger partial charge in [-0.25, -0.2) is 4.79 Å². The average Bonchev–Trinajstić information content (AvgIpc) is 2.69. The molecule has 2 aromatic rings. The Bertz CT molecular complexity index is 595. The van der Waals surface area contributed by atoms with Gasteiger partial charge in [0.15, 0.2) is 5.58 Å². The Balaban J connectivity index is 2.48. The topological polar surface area (TPSA) is 58.0 Å². The van der Waals surface area contributed by atoms with Crippen molar-refractivity contribution in [2.45, 2.75) is 33.2 Å². The number of aromatic amines is 1. The third kappa shape index (κ3) is 2.20. The van der Waals surface area contributed by atoms with Crippen molar-refractivity contribution in [2.75, 3.05) is 7.05 Å². The standard InChI is InChI=1S/C14H20N2O2/c1-5-14(2,3)12(15-4)9-6-7-10-11(8-9)18-13(17)16-10/h6-8,12,15H,5H2,1-4H3,(H,16,17). The SMILES string of the molecule is CCC(C)(C)C(NC)c1ccc2[nH]c(=O)oc2c1. The number of aromatic nitrogens is 1. The predicted molar refractivity (Wildman–Crippen MR) is 72.7 cm³/mol. The zero-order valence-corrected chi connectivity index (χ0v) is 11.3. The molecule has 0 saturated carbocycles. The van der Waals surface area contributed by atoms with Crippen LogP contribution in [0.5, 0.6) is 0 Å². The number of rotatable bonds is 4. The van der Waals surface area contributed by atoms with Crippen LogP contribution in [-0.4, -0.2) is 12.0 Å². The minimum absolute atomic E-state index is 0.138. The lowest BCUT2D eigenvalue weighted by Gasteiger charge is -2.33. The first-order chi connectivity index (χ1) is 8.47. The van der Waals surface area contributed by atoms with Crippen molar-refractivity contribution >= 4 is 11.1 Å². The maximum absolute atomic E-state index is 11.2. The van der Waals surface area contributed by atoms with E-state index in [4.69, 9.17) is 4.42 Å². The lowest BCUT2D eigenvalue weighted by molar-refractivity contribution is 0.245. The maximum Gasteiger partial charge on any atom is 0.417 e. The Morgan fingerprint density at radius 3 is 2.78 bits per heavy atom. The van der Waals surface area contributed by atoms with E-state index in [1.165, 1.54) is 0 Å². The van der Waals surface area contributed by atoms with E-state index < -0.39 is 5.76 Å². The van der Waals surface area contributed by atoms with E-state index in [9.17, 15) is 4.79 Å². The summed E-state index contributed by atoms with van der Waals surface area (Å²) < 4.78 is 5.11. The highest BCUT2D eigenvalue weighted by atomic mass is 16.4. The highest BCUT2D eigenvalue weighted by molar-refractivity contribution is 5.72. The van der Waals surface area contributed by atoms with E-state index in [2.05, 4.69) is 31.1 Å².